The summed E-state index contributed by atoms with van der Waals surface area (Å²) >= 11 is 0. The van der Waals surface area contributed by atoms with Crippen molar-refractivity contribution in [2.45, 2.75) is 77.3 Å². The zero-order chi connectivity index (χ0) is 13.0. The smallest absolute Gasteiger partial charge is 0.191 e. The first-order valence-corrected chi connectivity index (χ1v) is 7.82. The molecule has 3 heteroatoms. The second-order valence-electron chi connectivity index (χ2n) is 6.04. The second kappa shape index (κ2) is 6.44. The first-order valence-electron chi connectivity index (χ1n) is 7.82. The molecule has 0 amide bonds. The maximum absolute atomic E-state index is 6.10. The van der Waals surface area contributed by atoms with Crippen LogP contribution < -0.4 is 5.73 Å². The van der Waals surface area contributed by atoms with Gasteiger partial charge in [-0.1, -0.05) is 39.0 Å². The highest BCUT2D eigenvalue weighted by Crippen LogP contribution is 2.31. The third-order valence-corrected chi connectivity index (χ3v) is 4.82. The van der Waals surface area contributed by atoms with E-state index in [1.807, 2.05) is 0 Å². The highest BCUT2D eigenvalue weighted by molar-refractivity contribution is 5.80. The summed E-state index contributed by atoms with van der Waals surface area (Å²) in [5.74, 6) is 1.60. The Morgan fingerprint density at radius 1 is 1.22 bits per heavy atom. The van der Waals surface area contributed by atoms with Gasteiger partial charge in [0.25, 0.3) is 0 Å². The minimum atomic E-state index is 0.534. The van der Waals surface area contributed by atoms with Crippen LogP contribution in [0.3, 0.4) is 0 Å². The molecular formula is C15H29N3. The summed E-state index contributed by atoms with van der Waals surface area (Å²) in [6.07, 6.45) is 11.0. The van der Waals surface area contributed by atoms with Crippen molar-refractivity contribution in [2.24, 2.45) is 16.6 Å². The maximum Gasteiger partial charge on any atom is 0.191 e. The number of nitrogens with zero attached hydrogens (tertiary/aromatic N) is 2. The van der Waals surface area contributed by atoms with Gasteiger partial charge in [-0.2, -0.15) is 0 Å². The zero-order valence-electron chi connectivity index (χ0n) is 12.1. The standard InChI is InChI=1S/C15H29N3/c1-3-12(2)18-14(11-17-15(18)16)13-9-7-5-4-6-8-10-13/h12-14H,3-11H2,1-2H3,(H2,16,17). The third-order valence-electron chi connectivity index (χ3n) is 4.82. The minimum absolute atomic E-state index is 0.534. The highest BCUT2D eigenvalue weighted by Gasteiger charge is 2.34. The molecule has 1 saturated carbocycles. The summed E-state index contributed by atoms with van der Waals surface area (Å²) in [6.45, 7) is 5.45. The van der Waals surface area contributed by atoms with Crippen molar-refractivity contribution in [1.29, 1.82) is 0 Å². The normalized spacial score (nSPS) is 28.7. The number of guanidine groups is 1. The molecule has 2 atom stereocenters. The SMILES string of the molecule is CCC(C)N1C(N)=NCC1C1CCCCCCC1. The molecule has 2 rings (SSSR count). The van der Waals surface area contributed by atoms with Gasteiger partial charge in [-0.3, -0.25) is 4.99 Å². The van der Waals surface area contributed by atoms with Gasteiger partial charge in [0, 0.05) is 6.04 Å². The van der Waals surface area contributed by atoms with Crippen LogP contribution in [0, 0.1) is 5.92 Å². The first kappa shape index (κ1) is 13.7. The van der Waals surface area contributed by atoms with Crippen molar-refractivity contribution in [3.63, 3.8) is 0 Å². The molecule has 2 unspecified atom stereocenters. The van der Waals surface area contributed by atoms with Crippen LogP contribution in [-0.2, 0) is 0 Å². The quantitative estimate of drug-likeness (QED) is 0.837. The fraction of sp³-hybridized carbons (Fsp3) is 0.933. The molecule has 2 aliphatic rings. The molecule has 1 aliphatic heterocycles. The number of hydrogen-bond acceptors (Lipinski definition) is 3. The van der Waals surface area contributed by atoms with Gasteiger partial charge in [0.1, 0.15) is 0 Å². The van der Waals surface area contributed by atoms with E-state index in [2.05, 4.69) is 23.7 Å². The minimum Gasteiger partial charge on any atom is -0.370 e. The predicted molar refractivity (Wildman–Crippen MR) is 77.7 cm³/mol. The van der Waals surface area contributed by atoms with Crippen LogP contribution in [0.25, 0.3) is 0 Å². The van der Waals surface area contributed by atoms with Crippen molar-refractivity contribution in [2.75, 3.05) is 6.54 Å². The summed E-state index contributed by atoms with van der Waals surface area (Å²) < 4.78 is 0. The molecule has 0 radical (unpaired) electrons. The molecular weight excluding hydrogens is 222 g/mol. The van der Waals surface area contributed by atoms with Crippen molar-refractivity contribution < 1.29 is 0 Å². The van der Waals surface area contributed by atoms with E-state index in [1.54, 1.807) is 0 Å². The second-order valence-corrected chi connectivity index (χ2v) is 6.04. The molecule has 0 aromatic carbocycles. The van der Waals surface area contributed by atoms with Gasteiger partial charge in [-0.15, -0.1) is 0 Å². The molecule has 0 aromatic rings. The summed E-state index contributed by atoms with van der Waals surface area (Å²) in [5.41, 5.74) is 6.10. The zero-order valence-corrected chi connectivity index (χ0v) is 12.1. The summed E-state index contributed by atoms with van der Waals surface area (Å²) in [7, 11) is 0. The Bertz CT molecular complexity index is 279. The van der Waals surface area contributed by atoms with E-state index in [0.29, 0.717) is 12.1 Å². The lowest BCUT2D eigenvalue weighted by Crippen LogP contribution is -2.49. The Balaban J connectivity index is 2.01. The lowest BCUT2D eigenvalue weighted by molar-refractivity contribution is 0.176. The van der Waals surface area contributed by atoms with Crippen molar-refractivity contribution in [1.82, 2.24) is 4.90 Å². The van der Waals surface area contributed by atoms with Crippen LogP contribution in [0.5, 0.6) is 0 Å². The number of nitrogens with two attached hydrogens (primary N) is 1. The van der Waals surface area contributed by atoms with E-state index in [0.717, 1.165) is 24.8 Å². The third kappa shape index (κ3) is 2.99. The fourth-order valence-corrected chi connectivity index (χ4v) is 3.52. The van der Waals surface area contributed by atoms with E-state index in [1.165, 1.54) is 44.9 Å². The van der Waals surface area contributed by atoms with Gasteiger partial charge >= 0.3 is 0 Å². The number of aliphatic imine (C=N–C) groups is 1. The van der Waals surface area contributed by atoms with Crippen LogP contribution in [-0.4, -0.2) is 29.5 Å². The molecule has 1 aliphatic carbocycles. The van der Waals surface area contributed by atoms with Crippen molar-refractivity contribution in [3.05, 3.63) is 0 Å². The topological polar surface area (TPSA) is 41.6 Å². The Morgan fingerprint density at radius 2 is 1.83 bits per heavy atom. The largest absolute Gasteiger partial charge is 0.370 e. The van der Waals surface area contributed by atoms with Gasteiger partial charge in [0.15, 0.2) is 5.96 Å². The van der Waals surface area contributed by atoms with Crippen LogP contribution in [0.4, 0.5) is 0 Å². The van der Waals surface area contributed by atoms with Crippen LogP contribution >= 0.6 is 0 Å². The summed E-state index contributed by atoms with van der Waals surface area (Å²) in [6, 6.07) is 1.12. The summed E-state index contributed by atoms with van der Waals surface area (Å²) in [5, 5.41) is 0. The van der Waals surface area contributed by atoms with E-state index < -0.39 is 0 Å². The van der Waals surface area contributed by atoms with Crippen molar-refractivity contribution in [3.8, 4) is 0 Å². The molecule has 18 heavy (non-hydrogen) atoms. The van der Waals surface area contributed by atoms with Crippen LogP contribution in [0.2, 0.25) is 0 Å². The van der Waals surface area contributed by atoms with Crippen LogP contribution in [0.15, 0.2) is 4.99 Å². The van der Waals surface area contributed by atoms with Gasteiger partial charge in [0.05, 0.1) is 12.6 Å². The van der Waals surface area contributed by atoms with Crippen LogP contribution in [0.1, 0.15) is 65.2 Å². The Labute approximate surface area is 112 Å². The van der Waals surface area contributed by atoms with Gasteiger partial charge in [-0.05, 0) is 32.1 Å². The van der Waals surface area contributed by atoms with E-state index in [4.69, 9.17) is 5.73 Å². The maximum atomic E-state index is 6.10. The highest BCUT2D eigenvalue weighted by atomic mass is 15.3. The Hall–Kier alpha value is -0.730. The Morgan fingerprint density at radius 3 is 2.44 bits per heavy atom. The summed E-state index contributed by atoms with van der Waals surface area (Å²) in [4.78, 5) is 6.93. The van der Waals surface area contributed by atoms with E-state index >= 15 is 0 Å². The molecule has 0 bridgehead atoms. The monoisotopic (exact) mass is 251 g/mol. The molecule has 1 fully saturated rings. The molecule has 0 aromatic heterocycles. The molecule has 104 valence electrons. The molecule has 3 nitrogen and oxygen atoms in total. The van der Waals surface area contributed by atoms with Crippen molar-refractivity contribution >= 4 is 5.96 Å². The van der Waals surface area contributed by atoms with E-state index in [-0.39, 0.29) is 0 Å². The molecule has 1 heterocycles. The predicted octanol–water partition coefficient (Wildman–Crippen LogP) is 3.14. The lowest BCUT2D eigenvalue weighted by Gasteiger charge is -2.37. The average Bonchev–Trinajstić information content (AvgIpc) is 2.70. The molecule has 2 N–H and O–H groups in total. The number of rotatable bonds is 3. The Kier molecular flexibility index (Phi) is 4.90. The van der Waals surface area contributed by atoms with E-state index in [9.17, 15) is 0 Å². The fourth-order valence-electron chi connectivity index (χ4n) is 3.52. The average molecular weight is 251 g/mol. The van der Waals surface area contributed by atoms with Gasteiger partial charge < -0.3 is 10.6 Å². The van der Waals surface area contributed by atoms with Gasteiger partial charge in [0.2, 0.25) is 0 Å². The number of hydrogen-bond donors (Lipinski definition) is 1. The molecule has 0 saturated heterocycles. The molecule has 0 spiro atoms. The lowest BCUT2D eigenvalue weighted by atomic mass is 9.85. The van der Waals surface area contributed by atoms with Gasteiger partial charge in [-0.25, -0.2) is 0 Å². The first-order chi connectivity index (χ1) is 8.74.